The van der Waals surface area contributed by atoms with Gasteiger partial charge >= 0.3 is 11.9 Å². The summed E-state index contributed by atoms with van der Waals surface area (Å²) in [5.74, 6) is 1.14. The van der Waals surface area contributed by atoms with Crippen LogP contribution in [0, 0.1) is 17.8 Å². The summed E-state index contributed by atoms with van der Waals surface area (Å²) in [5, 5.41) is 0. The molecule has 0 amide bonds. The van der Waals surface area contributed by atoms with Gasteiger partial charge < -0.3 is 9.47 Å². The molecule has 0 fully saturated rings. The Morgan fingerprint density at radius 2 is 1.76 bits per heavy atom. The summed E-state index contributed by atoms with van der Waals surface area (Å²) in [7, 11) is 2.46. The standard InChI is InChI=1S/C13H18O4/c1-6-7-8-13(9-10(2)3,11(14)16-4)12(15)17-5/h1H,2,7-9H2,3-5H3. The summed E-state index contributed by atoms with van der Waals surface area (Å²) >= 11 is 0. The van der Waals surface area contributed by atoms with E-state index in [9.17, 15) is 9.59 Å². The van der Waals surface area contributed by atoms with Gasteiger partial charge in [0.05, 0.1) is 14.2 Å². The number of carbonyl (C=O) groups is 2. The van der Waals surface area contributed by atoms with Crippen molar-refractivity contribution in [1.82, 2.24) is 0 Å². The molecule has 4 nitrogen and oxygen atoms in total. The van der Waals surface area contributed by atoms with Crippen LogP contribution in [0.15, 0.2) is 12.2 Å². The molecule has 0 atom stereocenters. The Hall–Kier alpha value is -1.76. The fourth-order valence-corrected chi connectivity index (χ4v) is 1.71. The van der Waals surface area contributed by atoms with Gasteiger partial charge in [0.25, 0.3) is 0 Å². The summed E-state index contributed by atoms with van der Waals surface area (Å²) in [6.45, 7) is 5.45. The molecule has 0 aromatic rings. The van der Waals surface area contributed by atoms with Crippen LogP contribution >= 0.6 is 0 Å². The van der Waals surface area contributed by atoms with Crippen molar-refractivity contribution in [2.45, 2.75) is 26.2 Å². The first-order valence-corrected chi connectivity index (χ1v) is 5.19. The Morgan fingerprint density at radius 1 is 1.29 bits per heavy atom. The quantitative estimate of drug-likeness (QED) is 0.306. The average molecular weight is 238 g/mol. The van der Waals surface area contributed by atoms with E-state index in [0.717, 1.165) is 0 Å². The van der Waals surface area contributed by atoms with Gasteiger partial charge in [-0.3, -0.25) is 9.59 Å². The molecular formula is C13H18O4. The minimum absolute atomic E-state index is 0.175. The van der Waals surface area contributed by atoms with E-state index in [-0.39, 0.29) is 19.3 Å². The topological polar surface area (TPSA) is 52.6 Å². The second-order valence-corrected chi connectivity index (χ2v) is 3.90. The van der Waals surface area contributed by atoms with Crippen molar-refractivity contribution in [3.8, 4) is 12.3 Å². The zero-order chi connectivity index (χ0) is 13.5. The number of rotatable bonds is 6. The van der Waals surface area contributed by atoms with Gasteiger partial charge in [-0.2, -0.15) is 0 Å². The second kappa shape index (κ2) is 6.74. The van der Waals surface area contributed by atoms with Gasteiger partial charge in [-0.1, -0.05) is 5.57 Å². The molecule has 0 aromatic carbocycles. The molecule has 0 N–H and O–H groups in total. The van der Waals surface area contributed by atoms with Crippen LogP contribution in [-0.2, 0) is 19.1 Å². The highest BCUT2D eigenvalue weighted by Crippen LogP contribution is 2.34. The molecule has 94 valence electrons. The fourth-order valence-electron chi connectivity index (χ4n) is 1.71. The second-order valence-electron chi connectivity index (χ2n) is 3.90. The number of hydrogen-bond acceptors (Lipinski definition) is 4. The van der Waals surface area contributed by atoms with Crippen molar-refractivity contribution >= 4 is 11.9 Å². The zero-order valence-corrected chi connectivity index (χ0v) is 10.5. The van der Waals surface area contributed by atoms with Crippen molar-refractivity contribution < 1.29 is 19.1 Å². The summed E-state index contributed by atoms with van der Waals surface area (Å²) in [6, 6.07) is 0. The molecule has 0 aliphatic rings. The minimum atomic E-state index is -1.37. The number of terminal acetylenes is 1. The van der Waals surface area contributed by atoms with Crippen LogP contribution < -0.4 is 0 Å². The van der Waals surface area contributed by atoms with E-state index in [1.807, 2.05) is 0 Å². The summed E-state index contributed by atoms with van der Waals surface area (Å²) in [4.78, 5) is 23.7. The van der Waals surface area contributed by atoms with Crippen molar-refractivity contribution in [2.24, 2.45) is 5.41 Å². The van der Waals surface area contributed by atoms with Crippen LogP contribution in [0.4, 0.5) is 0 Å². The predicted molar refractivity (Wildman–Crippen MR) is 64.0 cm³/mol. The maximum absolute atomic E-state index is 11.8. The highest BCUT2D eigenvalue weighted by molar-refractivity contribution is 6.00. The molecule has 0 aliphatic carbocycles. The van der Waals surface area contributed by atoms with E-state index >= 15 is 0 Å². The van der Waals surface area contributed by atoms with Gasteiger partial charge in [-0.25, -0.2) is 0 Å². The van der Waals surface area contributed by atoms with E-state index in [1.165, 1.54) is 14.2 Å². The van der Waals surface area contributed by atoms with Gasteiger partial charge in [0.1, 0.15) is 0 Å². The lowest BCUT2D eigenvalue weighted by Gasteiger charge is -2.27. The molecule has 0 radical (unpaired) electrons. The lowest BCUT2D eigenvalue weighted by molar-refractivity contribution is -0.169. The maximum atomic E-state index is 11.8. The molecule has 0 spiro atoms. The molecule has 4 heteroatoms. The van der Waals surface area contributed by atoms with Crippen molar-refractivity contribution in [3.63, 3.8) is 0 Å². The monoisotopic (exact) mass is 238 g/mol. The van der Waals surface area contributed by atoms with Crippen LogP contribution in [-0.4, -0.2) is 26.2 Å². The lowest BCUT2D eigenvalue weighted by Crippen LogP contribution is -2.41. The van der Waals surface area contributed by atoms with Crippen LogP contribution in [0.5, 0.6) is 0 Å². The van der Waals surface area contributed by atoms with Gasteiger partial charge in [0, 0.05) is 6.42 Å². The van der Waals surface area contributed by atoms with Crippen LogP contribution in [0.3, 0.4) is 0 Å². The number of ether oxygens (including phenoxy) is 2. The molecule has 0 bridgehead atoms. The number of hydrogen-bond donors (Lipinski definition) is 0. The maximum Gasteiger partial charge on any atom is 0.323 e. The first kappa shape index (κ1) is 15.2. The van der Waals surface area contributed by atoms with Crippen molar-refractivity contribution in [1.29, 1.82) is 0 Å². The molecule has 0 saturated heterocycles. The Labute approximate surface area is 102 Å². The van der Waals surface area contributed by atoms with E-state index in [2.05, 4.69) is 22.0 Å². The molecule has 0 saturated carbocycles. The fraction of sp³-hybridized carbons (Fsp3) is 0.538. The Kier molecular flexibility index (Phi) is 6.05. The largest absolute Gasteiger partial charge is 0.468 e. The van der Waals surface area contributed by atoms with Crippen molar-refractivity contribution in [3.05, 3.63) is 12.2 Å². The Balaban J connectivity index is 5.35. The van der Waals surface area contributed by atoms with Crippen molar-refractivity contribution in [2.75, 3.05) is 14.2 Å². The number of esters is 2. The third kappa shape index (κ3) is 3.63. The SMILES string of the molecule is C#CCCC(CC(=C)C)(C(=O)OC)C(=O)OC. The zero-order valence-electron chi connectivity index (χ0n) is 10.5. The highest BCUT2D eigenvalue weighted by atomic mass is 16.5. The first-order chi connectivity index (χ1) is 7.94. The van der Waals surface area contributed by atoms with E-state index in [0.29, 0.717) is 5.57 Å². The first-order valence-electron chi connectivity index (χ1n) is 5.19. The van der Waals surface area contributed by atoms with Gasteiger partial charge in [-0.15, -0.1) is 18.9 Å². The predicted octanol–water partition coefficient (Wildman–Crippen LogP) is 1.70. The molecule has 0 unspecified atom stereocenters. The Morgan fingerprint density at radius 3 is 2.06 bits per heavy atom. The molecule has 0 heterocycles. The summed E-state index contributed by atoms with van der Waals surface area (Å²) < 4.78 is 9.37. The third-order valence-corrected chi connectivity index (χ3v) is 2.45. The van der Waals surface area contributed by atoms with Gasteiger partial charge in [0.15, 0.2) is 5.41 Å². The normalized spacial score (nSPS) is 10.2. The minimum Gasteiger partial charge on any atom is -0.468 e. The summed E-state index contributed by atoms with van der Waals surface area (Å²) in [6.07, 6.45) is 5.83. The number of methoxy groups -OCH3 is 2. The van der Waals surface area contributed by atoms with Crippen LogP contribution in [0.25, 0.3) is 0 Å². The summed E-state index contributed by atoms with van der Waals surface area (Å²) in [5.41, 5.74) is -0.681. The smallest absolute Gasteiger partial charge is 0.323 e. The van der Waals surface area contributed by atoms with Crippen LogP contribution in [0.1, 0.15) is 26.2 Å². The lowest BCUT2D eigenvalue weighted by atomic mass is 9.78. The van der Waals surface area contributed by atoms with Gasteiger partial charge in [0.2, 0.25) is 0 Å². The molecule has 17 heavy (non-hydrogen) atoms. The van der Waals surface area contributed by atoms with Crippen LogP contribution in [0.2, 0.25) is 0 Å². The van der Waals surface area contributed by atoms with E-state index in [1.54, 1.807) is 6.92 Å². The number of allylic oxidation sites excluding steroid dienone is 1. The highest BCUT2D eigenvalue weighted by Gasteiger charge is 2.47. The van der Waals surface area contributed by atoms with E-state index in [4.69, 9.17) is 6.42 Å². The molecule has 0 aliphatic heterocycles. The van der Waals surface area contributed by atoms with E-state index < -0.39 is 17.4 Å². The average Bonchev–Trinajstić information content (AvgIpc) is 2.31. The number of carbonyl (C=O) groups excluding carboxylic acids is 2. The Bertz CT molecular complexity index is 333. The van der Waals surface area contributed by atoms with Gasteiger partial charge in [-0.05, 0) is 19.8 Å². The third-order valence-electron chi connectivity index (χ3n) is 2.45. The molecule has 0 rings (SSSR count). The molecule has 0 aromatic heterocycles. The molecular weight excluding hydrogens is 220 g/mol.